The number of hydrogen-bond acceptors (Lipinski definition) is 2. The molecule has 0 saturated carbocycles. The summed E-state index contributed by atoms with van der Waals surface area (Å²) in [6.07, 6.45) is 0.335. The van der Waals surface area contributed by atoms with Crippen molar-refractivity contribution in [2.24, 2.45) is 11.7 Å². The topological polar surface area (TPSA) is 38.0 Å². The monoisotopic (exact) mass is 242 g/mol. The summed E-state index contributed by atoms with van der Waals surface area (Å²) in [4.78, 5) is 0. The summed E-state index contributed by atoms with van der Waals surface area (Å²) in [5, 5.41) is 3.21. The van der Waals surface area contributed by atoms with Crippen LogP contribution in [0.5, 0.6) is 0 Å². The van der Waals surface area contributed by atoms with Crippen LogP contribution in [0.15, 0.2) is 18.2 Å². The quantitative estimate of drug-likeness (QED) is 0.801. The highest BCUT2D eigenvalue weighted by Gasteiger charge is 2.12. The molecule has 0 aliphatic heterocycles. The zero-order valence-electron chi connectivity index (χ0n) is 10.3. The molecular weight excluding hydrogens is 222 g/mol. The fourth-order valence-electron chi connectivity index (χ4n) is 1.74. The lowest BCUT2D eigenvalue weighted by Crippen LogP contribution is -2.41. The van der Waals surface area contributed by atoms with Gasteiger partial charge in [0.2, 0.25) is 0 Å². The van der Waals surface area contributed by atoms with Gasteiger partial charge in [-0.05, 0) is 31.0 Å². The Kier molecular flexibility index (Phi) is 5.51. The van der Waals surface area contributed by atoms with Crippen molar-refractivity contribution in [3.63, 3.8) is 0 Å². The molecule has 0 heterocycles. The van der Waals surface area contributed by atoms with Crippen LogP contribution in [0, 0.1) is 17.6 Å². The highest BCUT2D eigenvalue weighted by molar-refractivity contribution is 5.19. The molecule has 1 aromatic carbocycles. The van der Waals surface area contributed by atoms with Crippen molar-refractivity contribution in [3.05, 3.63) is 35.4 Å². The second kappa shape index (κ2) is 6.67. The second-order valence-corrected chi connectivity index (χ2v) is 4.49. The number of nitrogens with one attached hydrogen (secondary N) is 1. The lowest BCUT2D eigenvalue weighted by molar-refractivity contribution is 0.406. The van der Waals surface area contributed by atoms with Crippen LogP contribution < -0.4 is 11.1 Å². The first-order chi connectivity index (χ1) is 8.06. The van der Waals surface area contributed by atoms with Crippen LogP contribution in [0.1, 0.15) is 19.4 Å². The van der Waals surface area contributed by atoms with Gasteiger partial charge in [-0.3, -0.25) is 0 Å². The van der Waals surface area contributed by atoms with Crippen molar-refractivity contribution in [1.29, 1.82) is 0 Å². The minimum Gasteiger partial charge on any atom is -0.329 e. The van der Waals surface area contributed by atoms with Crippen LogP contribution in [-0.4, -0.2) is 19.1 Å². The molecule has 0 bridgehead atoms. The lowest BCUT2D eigenvalue weighted by atomic mass is 10.0. The van der Waals surface area contributed by atoms with E-state index in [2.05, 4.69) is 19.2 Å². The predicted molar refractivity (Wildman–Crippen MR) is 65.7 cm³/mol. The summed E-state index contributed by atoms with van der Waals surface area (Å²) in [7, 11) is 0. The molecule has 1 aromatic rings. The van der Waals surface area contributed by atoms with Crippen molar-refractivity contribution in [1.82, 2.24) is 5.32 Å². The van der Waals surface area contributed by atoms with Crippen LogP contribution in [0.25, 0.3) is 0 Å². The van der Waals surface area contributed by atoms with Gasteiger partial charge < -0.3 is 11.1 Å². The third-order valence-electron chi connectivity index (χ3n) is 2.90. The highest BCUT2D eigenvalue weighted by atomic mass is 19.1. The summed E-state index contributed by atoms with van der Waals surface area (Å²) in [6.45, 7) is 5.18. The first kappa shape index (κ1) is 14.1. The first-order valence-electron chi connectivity index (χ1n) is 5.92. The van der Waals surface area contributed by atoms with Crippen LogP contribution in [-0.2, 0) is 6.42 Å². The van der Waals surface area contributed by atoms with E-state index < -0.39 is 11.6 Å². The molecule has 0 saturated heterocycles. The molecule has 3 N–H and O–H groups in total. The summed E-state index contributed by atoms with van der Waals surface area (Å²) in [5.41, 5.74) is 5.74. The summed E-state index contributed by atoms with van der Waals surface area (Å²) in [5.74, 6) is -0.563. The fourth-order valence-corrected chi connectivity index (χ4v) is 1.74. The van der Waals surface area contributed by atoms with Gasteiger partial charge in [0.25, 0.3) is 0 Å². The van der Waals surface area contributed by atoms with Crippen LogP contribution in [0.2, 0.25) is 0 Å². The van der Waals surface area contributed by atoms with E-state index in [-0.39, 0.29) is 11.6 Å². The van der Waals surface area contributed by atoms with E-state index in [0.29, 0.717) is 25.4 Å². The van der Waals surface area contributed by atoms with Crippen molar-refractivity contribution in [2.75, 3.05) is 13.1 Å². The van der Waals surface area contributed by atoms with E-state index in [9.17, 15) is 8.78 Å². The molecule has 17 heavy (non-hydrogen) atoms. The van der Waals surface area contributed by atoms with Gasteiger partial charge in [-0.15, -0.1) is 0 Å². The fraction of sp³-hybridized carbons (Fsp3) is 0.538. The minimum atomic E-state index is -0.486. The Labute approximate surface area is 101 Å². The number of benzene rings is 1. The molecule has 0 aromatic heterocycles. The predicted octanol–water partition coefficient (Wildman–Crippen LogP) is 2.08. The zero-order valence-corrected chi connectivity index (χ0v) is 10.3. The molecule has 0 aliphatic rings. The second-order valence-electron chi connectivity index (χ2n) is 4.49. The van der Waals surface area contributed by atoms with E-state index in [4.69, 9.17) is 5.73 Å². The maximum atomic E-state index is 13.3. The minimum absolute atomic E-state index is 0.138. The van der Waals surface area contributed by atoms with E-state index in [1.807, 2.05) is 0 Å². The Bertz CT molecular complexity index is 333. The Morgan fingerprint density at radius 2 is 1.82 bits per heavy atom. The van der Waals surface area contributed by atoms with Gasteiger partial charge in [-0.25, -0.2) is 8.78 Å². The molecule has 0 spiro atoms. The third kappa shape index (κ3) is 4.06. The summed E-state index contributed by atoms with van der Waals surface area (Å²) in [6, 6.07) is 4.12. The van der Waals surface area contributed by atoms with Crippen molar-refractivity contribution >= 4 is 0 Å². The van der Waals surface area contributed by atoms with Crippen LogP contribution >= 0.6 is 0 Å². The van der Waals surface area contributed by atoms with Gasteiger partial charge in [0.05, 0.1) is 0 Å². The van der Waals surface area contributed by atoms with Crippen LogP contribution in [0.3, 0.4) is 0 Å². The van der Waals surface area contributed by atoms with E-state index >= 15 is 0 Å². The molecule has 0 amide bonds. The molecule has 1 unspecified atom stereocenters. The summed E-state index contributed by atoms with van der Waals surface area (Å²) >= 11 is 0. The van der Waals surface area contributed by atoms with Gasteiger partial charge in [0.1, 0.15) is 11.6 Å². The number of nitrogens with two attached hydrogens (primary N) is 1. The van der Waals surface area contributed by atoms with E-state index in [1.54, 1.807) is 0 Å². The largest absolute Gasteiger partial charge is 0.329 e. The van der Waals surface area contributed by atoms with Gasteiger partial charge in [-0.1, -0.05) is 19.9 Å². The first-order valence-corrected chi connectivity index (χ1v) is 5.92. The third-order valence-corrected chi connectivity index (χ3v) is 2.90. The van der Waals surface area contributed by atoms with Gasteiger partial charge in [0, 0.05) is 18.2 Å². The van der Waals surface area contributed by atoms with Crippen molar-refractivity contribution in [3.8, 4) is 0 Å². The van der Waals surface area contributed by atoms with Gasteiger partial charge in [0.15, 0.2) is 0 Å². The average molecular weight is 242 g/mol. The maximum Gasteiger partial charge on any atom is 0.129 e. The number of halogens is 2. The van der Waals surface area contributed by atoms with Gasteiger partial charge >= 0.3 is 0 Å². The van der Waals surface area contributed by atoms with Crippen LogP contribution in [0.4, 0.5) is 8.78 Å². The Morgan fingerprint density at radius 1 is 1.24 bits per heavy atom. The molecule has 1 rings (SSSR count). The molecule has 96 valence electrons. The standard InChI is InChI=1S/C13H20F2N2/c1-9(2)13(8-16)17-7-6-10-11(14)4-3-5-12(10)15/h3-5,9,13,17H,6-8,16H2,1-2H3. The normalized spacial score (nSPS) is 13.1. The Hall–Kier alpha value is -1.00. The molecule has 0 aliphatic carbocycles. The number of rotatable bonds is 6. The SMILES string of the molecule is CC(C)C(CN)NCCc1c(F)cccc1F. The highest BCUT2D eigenvalue weighted by Crippen LogP contribution is 2.12. The summed E-state index contributed by atoms with van der Waals surface area (Å²) < 4.78 is 26.6. The van der Waals surface area contributed by atoms with E-state index in [0.717, 1.165) is 0 Å². The maximum absolute atomic E-state index is 13.3. The molecule has 2 nitrogen and oxygen atoms in total. The molecule has 0 radical (unpaired) electrons. The Balaban J connectivity index is 2.51. The zero-order chi connectivity index (χ0) is 12.8. The van der Waals surface area contributed by atoms with Gasteiger partial charge in [-0.2, -0.15) is 0 Å². The molecule has 4 heteroatoms. The lowest BCUT2D eigenvalue weighted by Gasteiger charge is -2.20. The smallest absolute Gasteiger partial charge is 0.129 e. The average Bonchev–Trinajstić information content (AvgIpc) is 2.27. The molecule has 1 atom stereocenters. The molecule has 0 fully saturated rings. The van der Waals surface area contributed by atoms with E-state index in [1.165, 1.54) is 18.2 Å². The van der Waals surface area contributed by atoms with Crippen molar-refractivity contribution < 1.29 is 8.78 Å². The molecular formula is C13H20F2N2. The Morgan fingerprint density at radius 3 is 2.29 bits per heavy atom. The number of hydrogen-bond donors (Lipinski definition) is 2. The van der Waals surface area contributed by atoms with Crippen molar-refractivity contribution in [2.45, 2.75) is 26.3 Å².